The first kappa shape index (κ1) is 14.6. The molecule has 0 bridgehead atoms. The van der Waals surface area contributed by atoms with Crippen LogP contribution in [0.1, 0.15) is 11.3 Å². The minimum absolute atomic E-state index is 0.392. The number of thiazole rings is 1. The summed E-state index contributed by atoms with van der Waals surface area (Å²) in [6.07, 6.45) is 5.03. The molecule has 0 N–H and O–H groups in total. The number of methoxy groups -OCH3 is 1. The number of carbonyl (C=O) groups excluding carboxylic acids is 1. The maximum atomic E-state index is 12.0. The quantitative estimate of drug-likeness (QED) is 0.537. The SMILES string of the molecule is COC(=O)C(=Cc1csc(-c2cccs2)n1)c1ccncc1. The second-order valence-corrected chi connectivity index (χ2v) is 6.15. The predicted octanol–water partition coefficient (Wildman–Crippen LogP) is 3.98. The molecule has 3 rings (SSSR count). The van der Waals surface area contributed by atoms with Gasteiger partial charge in [0, 0.05) is 17.8 Å². The molecule has 0 radical (unpaired) electrons. The molecule has 110 valence electrons. The molecular weight excluding hydrogens is 316 g/mol. The van der Waals surface area contributed by atoms with Crippen molar-refractivity contribution in [2.45, 2.75) is 0 Å². The lowest BCUT2D eigenvalue weighted by Crippen LogP contribution is -2.04. The summed E-state index contributed by atoms with van der Waals surface area (Å²) in [7, 11) is 1.37. The highest BCUT2D eigenvalue weighted by atomic mass is 32.1. The Morgan fingerprint density at radius 2 is 2.05 bits per heavy atom. The number of hydrogen-bond donors (Lipinski definition) is 0. The fourth-order valence-corrected chi connectivity index (χ4v) is 3.51. The van der Waals surface area contributed by atoms with Crippen LogP contribution in [0.5, 0.6) is 0 Å². The van der Waals surface area contributed by atoms with Crippen LogP contribution < -0.4 is 0 Å². The predicted molar refractivity (Wildman–Crippen MR) is 89.6 cm³/mol. The van der Waals surface area contributed by atoms with Crippen LogP contribution in [0.2, 0.25) is 0 Å². The van der Waals surface area contributed by atoms with Gasteiger partial charge in [-0.1, -0.05) is 6.07 Å². The Hall–Kier alpha value is -2.31. The van der Waals surface area contributed by atoms with E-state index in [2.05, 4.69) is 9.97 Å². The number of pyridine rings is 1. The molecule has 0 unspecified atom stereocenters. The Labute approximate surface area is 135 Å². The van der Waals surface area contributed by atoms with E-state index < -0.39 is 5.97 Å². The summed E-state index contributed by atoms with van der Waals surface area (Å²) in [6, 6.07) is 7.57. The van der Waals surface area contributed by atoms with Gasteiger partial charge >= 0.3 is 5.97 Å². The third-order valence-corrected chi connectivity index (χ3v) is 4.84. The van der Waals surface area contributed by atoms with Crippen molar-refractivity contribution in [2.75, 3.05) is 7.11 Å². The first-order valence-corrected chi connectivity index (χ1v) is 8.23. The monoisotopic (exact) mass is 328 g/mol. The minimum Gasteiger partial charge on any atom is -0.465 e. The van der Waals surface area contributed by atoms with Gasteiger partial charge in [0.15, 0.2) is 0 Å². The van der Waals surface area contributed by atoms with Crippen LogP contribution in [0.3, 0.4) is 0 Å². The molecule has 4 nitrogen and oxygen atoms in total. The summed E-state index contributed by atoms with van der Waals surface area (Å²) < 4.78 is 4.87. The minimum atomic E-state index is -0.392. The Kier molecular flexibility index (Phi) is 4.41. The average molecular weight is 328 g/mol. The molecular formula is C16H12N2O2S2. The van der Waals surface area contributed by atoms with Crippen LogP contribution in [0.4, 0.5) is 0 Å². The van der Waals surface area contributed by atoms with E-state index in [0.29, 0.717) is 5.57 Å². The summed E-state index contributed by atoms with van der Waals surface area (Å²) in [5, 5.41) is 4.89. The summed E-state index contributed by atoms with van der Waals surface area (Å²) in [4.78, 5) is 21.7. The van der Waals surface area contributed by atoms with Gasteiger partial charge < -0.3 is 4.74 Å². The number of nitrogens with zero attached hydrogens (tertiary/aromatic N) is 2. The Bertz CT molecular complexity index is 793. The van der Waals surface area contributed by atoms with Gasteiger partial charge in [-0.2, -0.15) is 0 Å². The second-order valence-electron chi connectivity index (χ2n) is 4.34. The number of hydrogen-bond acceptors (Lipinski definition) is 6. The molecule has 0 saturated carbocycles. The van der Waals surface area contributed by atoms with E-state index in [1.165, 1.54) is 7.11 Å². The molecule has 0 aliphatic heterocycles. The molecule has 0 atom stereocenters. The third kappa shape index (κ3) is 3.13. The lowest BCUT2D eigenvalue weighted by Gasteiger charge is -2.04. The maximum absolute atomic E-state index is 12.0. The molecule has 0 spiro atoms. The van der Waals surface area contributed by atoms with Crippen LogP contribution in [-0.2, 0) is 9.53 Å². The first-order valence-electron chi connectivity index (χ1n) is 6.48. The van der Waals surface area contributed by atoms with Crippen molar-refractivity contribution >= 4 is 40.3 Å². The number of ether oxygens (including phenoxy) is 1. The van der Waals surface area contributed by atoms with Gasteiger partial charge in [-0.15, -0.1) is 22.7 Å². The molecule has 3 aromatic heterocycles. The number of esters is 1. The van der Waals surface area contributed by atoms with Crippen molar-refractivity contribution in [3.05, 3.63) is 58.7 Å². The lowest BCUT2D eigenvalue weighted by atomic mass is 10.1. The highest BCUT2D eigenvalue weighted by molar-refractivity contribution is 7.20. The van der Waals surface area contributed by atoms with Gasteiger partial charge in [-0.05, 0) is 35.2 Å². The highest BCUT2D eigenvalue weighted by Gasteiger charge is 2.13. The van der Waals surface area contributed by atoms with Crippen LogP contribution in [-0.4, -0.2) is 23.0 Å². The molecule has 22 heavy (non-hydrogen) atoms. The standard InChI is InChI=1S/C16H12N2O2S2/c1-20-16(19)13(11-4-6-17-7-5-11)9-12-10-22-15(18-12)14-3-2-8-21-14/h2-10H,1H3. The van der Waals surface area contributed by atoms with Crippen LogP contribution in [0.15, 0.2) is 47.4 Å². The van der Waals surface area contributed by atoms with E-state index in [1.54, 1.807) is 53.3 Å². The van der Waals surface area contributed by atoms with Crippen molar-refractivity contribution in [1.29, 1.82) is 0 Å². The van der Waals surface area contributed by atoms with E-state index in [0.717, 1.165) is 21.1 Å². The van der Waals surface area contributed by atoms with E-state index in [9.17, 15) is 4.79 Å². The summed E-state index contributed by atoms with van der Waals surface area (Å²) in [5.74, 6) is -0.392. The highest BCUT2D eigenvalue weighted by Crippen LogP contribution is 2.29. The number of rotatable bonds is 4. The van der Waals surface area contributed by atoms with Crippen molar-refractivity contribution in [3.63, 3.8) is 0 Å². The number of aromatic nitrogens is 2. The number of carbonyl (C=O) groups is 1. The van der Waals surface area contributed by atoms with Crippen LogP contribution in [0.25, 0.3) is 21.5 Å². The van der Waals surface area contributed by atoms with E-state index in [-0.39, 0.29) is 0 Å². The lowest BCUT2D eigenvalue weighted by molar-refractivity contribution is -0.133. The maximum Gasteiger partial charge on any atom is 0.338 e. The molecule has 3 heterocycles. The molecule has 0 amide bonds. The van der Waals surface area contributed by atoms with Crippen molar-refractivity contribution in [3.8, 4) is 9.88 Å². The second kappa shape index (κ2) is 6.64. The zero-order valence-electron chi connectivity index (χ0n) is 11.7. The van der Waals surface area contributed by atoms with Crippen molar-refractivity contribution in [2.24, 2.45) is 0 Å². The van der Waals surface area contributed by atoms with E-state index >= 15 is 0 Å². The molecule has 0 aliphatic rings. The molecule has 0 saturated heterocycles. The first-order chi connectivity index (χ1) is 10.8. The van der Waals surface area contributed by atoms with Crippen molar-refractivity contribution in [1.82, 2.24) is 9.97 Å². The summed E-state index contributed by atoms with van der Waals surface area (Å²) in [6.45, 7) is 0. The van der Waals surface area contributed by atoms with Gasteiger partial charge in [0.2, 0.25) is 0 Å². The van der Waals surface area contributed by atoms with Crippen LogP contribution in [0, 0.1) is 0 Å². The van der Waals surface area contributed by atoms with Gasteiger partial charge in [-0.3, -0.25) is 4.98 Å². The molecule has 0 fully saturated rings. The summed E-state index contributed by atoms with van der Waals surface area (Å²) >= 11 is 3.20. The van der Waals surface area contributed by atoms with Crippen molar-refractivity contribution < 1.29 is 9.53 Å². The number of thiophene rings is 1. The fraction of sp³-hybridized carbons (Fsp3) is 0.0625. The Balaban J connectivity index is 1.98. The molecule has 3 aromatic rings. The topological polar surface area (TPSA) is 52.1 Å². The molecule has 6 heteroatoms. The van der Waals surface area contributed by atoms with Gasteiger partial charge in [0.05, 0.1) is 23.3 Å². The largest absolute Gasteiger partial charge is 0.465 e. The average Bonchev–Trinajstić information content (AvgIpc) is 3.24. The summed E-state index contributed by atoms with van der Waals surface area (Å²) in [5.41, 5.74) is 1.96. The smallest absolute Gasteiger partial charge is 0.338 e. The van der Waals surface area contributed by atoms with Gasteiger partial charge in [0.1, 0.15) is 5.01 Å². The fourth-order valence-electron chi connectivity index (χ4n) is 1.92. The molecule has 0 aromatic carbocycles. The Morgan fingerprint density at radius 1 is 1.23 bits per heavy atom. The van der Waals surface area contributed by atoms with Gasteiger partial charge in [-0.25, -0.2) is 9.78 Å². The normalized spacial score (nSPS) is 11.4. The van der Waals surface area contributed by atoms with Crippen LogP contribution >= 0.6 is 22.7 Å². The zero-order chi connectivity index (χ0) is 15.4. The Morgan fingerprint density at radius 3 is 2.73 bits per heavy atom. The van der Waals surface area contributed by atoms with E-state index in [4.69, 9.17) is 4.74 Å². The third-order valence-electron chi connectivity index (χ3n) is 2.94. The zero-order valence-corrected chi connectivity index (χ0v) is 13.4. The van der Waals surface area contributed by atoms with E-state index in [1.807, 2.05) is 22.9 Å². The molecule has 0 aliphatic carbocycles. The van der Waals surface area contributed by atoms with Gasteiger partial charge in [0.25, 0.3) is 0 Å².